The molecule has 0 aliphatic carbocycles. The van der Waals surface area contributed by atoms with Crippen LogP contribution in [0.15, 0.2) is 24.3 Å². The van der Waals surface area contributed by atoms with E-state index in [1.54, 1.807) is 0 Å². The second-order valence-corrected chi connectivity index (χ2v) is 4.28. The van der Waals surface area contributed by atoms with Crippen LogP contribution in [0.3, 0.4) is 0 Å². The second kappa shape index (κ2) is 7.29. The summed E-state index contributed by atoms with van der Waals surface area (Å²) >= 11 is 0. The standard InChI is InChI=1S/C14H23NO/c1-4-9-15-10-8-13(3)16-14-7-5-6-12(2)11-14/h5-7,11,13,15H,4,8-10H2,1-3H3. The van der Waals surface area contributed by atoms with Crippen molar-refractivity contribution >= 4 is 0 Å². The predicted octanol–water partition coefficient (Wildman–Crippen LogP) is 3.15. The molecule has 1 rings (SSSR count). The van der Waals surface area contributed by atoms with Gasteiger partial charge in [0.05, 0.1) is 6.10 Å². The van der Waals surface area contributed by atoms with Crippen LogP contribution in [0.1, 0.15) is 32.3 Å². The maximum Gasteiger partial charge on any atom is 0.119 e. The van der Waals surface area contributed by atoms with Gasteiger partial charge in [-0.2, -0.15) is 0 Å². The van der Waals surface area contributed by atoms with Gasteiger partial charge in [-0.1, -0.05) is 19.1 Å². The lowest BCUT2D eigenvalue weighted by Gasteiger charge is -2.15. The molecular weight excluding hydrogens is 198 g/mol. The fraction of sp³-hybridized carbons (Fsp3) is 0.571. The molecule has 0 bridgehead atoms. The highest BCUT2D eigenvalue weighted by Crippen LogP contribution is 2.14. The highest BCUT2D eigenvalue weighted by Gasteiger charge is 2.03. The Morgan fingerprint density at radius 3 is 2.81 bits per heavy atom. The van der Waals surface area contributed by atoms with E-state index in [-0.39, 0.29) is 6.10 Å². The van der Waals surface area contributed by atoms with Gasteiger partial charge in [0.25, 0.3) is 0 Å². The molecule has 0 saturated carbocycles. The number of hydrogen-bond acceptors (Lipinski definition) is 2. The zero-order valence-electron chi connectivity index (χ0n) is 10.6. The third kappa shape index (κ3) is 5.17. The van der Waals surface area contributed by atoms with E-state index in [4.69, 9.17) is 4.74 Å². The van der Waals surface area contributed by atoms with Crippen LogP contribution in [-0.4, -0.2) is 19.2 Å². The molecule has 0 aromatic heterocycles. The molecule has 0 radical (unpaired) electrons. The van der Waals surface area contributed by atoms with Crippen molar-refractivity contribution in [2.24, 2.45) is 0 Å². The van der Waals surface area contributed by atoms with Crippen LogP contribution in [0, 0.1) is 6.92 Å². The van der Waals surface area contributed by atoms with Gasteiger partial charge in [0.2, 0.25) is 0 Å². The zero-order chi connectivity index (χ0) is 11.8. The maximum atomic E-state index is 5.84. The molecule has 0 amide bonds. The first kappa shape index (κ1) is 13.0. The van der Waals surface area contributed by atoms with E-state index < -0.39 is 0 Å². The number of nitrogens with one attached hydrogen (secondary N) is 1. The van der Waals surface area contributed by atoms with Crippen molar-refractivity contribution in [2.75, 3.05) is 13.1 Å². The molecule has 2 heteroatoms. The van der Waals surface area contributed by atoms with Crippen LogP contribution < -0.4 is 10.1 Å². The molecule has 0 fully saturated rings. The largest absolute Gasteiger partial charge is 0.491 e. The molecule has 0 heterocycles. The molecule has 0 spiro atoms. The van der Waals surface area contributed by atoms with Gasteiger partial charge in [0, 0.05) is 0 Å². The van der Waals surface area contributed by atoms with E-state index >= 15 is 0 Å². The maximum absolute atomic E-state index is 5.84. The van der Waals surface area contributed by atoms with Crippen LogP contribution in [-0.2, 0) is 0 Å². The first-order valence-electron chi connectivity index (χ1n) is 6.16. The van der Waals surface area contributed by atoms with Crippen LogP contribution in [0.4, 0.5) is 0 Å². The Bertz CT molecular complexity index is 299. The molecule has 0 saturated heterocycles. The smallest absolute Gasteiger partial charge is 0.119 e. The third-order valence-corrected chi connectivity index (χ3v) is 2.48. The summed E-state index contributed by atoms with van der Waals surface area (Å²) in [5, 5.41) is 3.38. The first-order chi connectivity index (χ1) is 7.72. The van der Waals surface area contributed by atoms with Crippen molar-refractivity contribution in [3.8, 4) is 5.75 Å². The Morgan fingerprint density at radius 1 is 1.31 bits per heavy atom. The second-order valence-electron chi connectivity index (χ2n) is 4.28. The van der Waals surface area contributed by atoms with Gasteiger partial charge < -0.3 is 10.1 Å². The topological polar surface area (TPSA) is 21.3 Å². The van der Waals surface area contributed by atoms with E-state index in [1.807, 2.05) is 12.1 Å². The molecule has 1 unspecified atom stereocenters. The monoisotopic (exact) mass is 221 g/mol. The van der Waals surface area contributed by atoms with Gasteiger partial charge in [-0.3, -0.25) is 0 Å². The number of rotatable bonds is 7. The minimum absolute atomic E-state index is 0.270. The molecule has 1 aromatic rings. The molecule has 1 N–H and O–H groups in total. The molecular formula is C14H23NO. The van der Waals surface area contributed by atoms with E-state index in [2.05, 4.69) is 38.2 Å². The summed E-state index contributed by atoms with van der Waals surface area (Å²) in [6, 6.07) is 8.21. The van der Waals surface area contributed by atoms with Crippen molar-refractivity contribution in [2.45, 2.75) is 39.7 Å². The molecule has 0 aliphatic heterocycles. The Balaban J connectivity index is 2.25. The van der Waals surface area contributed by atoms with Crippen molar-refractivity contribution < 1.29 is 4.74 Å². The molecule has 2 nitrogen and oxygen atoms in total. The molecule has 16 heavy (non-hydrogen) atoms. The minimum Gasteiger partial charge on any atom is -0.491 e. The van der Waals surface area contributed by atoms with Gasteiger partial charge in [-0.25, -0.2) is 0 Å². The zero-order valence-corrected chi connectivity index (χ0v) is 10.6. The summed E-state index contributed by atoms with van der Waals surface area (Å²) < 4.78 is 5.84. The Kier molecular flexibility index (Phi) is 5.94. The number of hydrogen-bond donors (Lipinski definition) is 1. The number of benzene rings is 1. The van der Waals surface area contributed by atoms with Crippen LogP contribution in [0.25, 0.3) is 0 Å². The van der Waals surface area contributed by atoms with E-state index in [1.165, 1.54) is 12.0 Å². The lowest BCUT2D eigenvalue weighted by atomic mass is 10.2. The van der Waals surface area contributed by atoms with Crippen molar-refractivity contribution in [1.82, 2.24) is 5.32 Å². The van der Waals surface area contributed by atoms with Crippen LogP contribution >= 0.6 is 0 Å². The minimum atomic E-state index is 0.270. The van der Waals surface area contributed by atoms with Crippen molar-refractivity contribution in [3.63, 3.8) is 0 Å². The van der Waals surface area contributed by atoms with Crippen LogP contribution in [0.5, 0.6) is 5.75 Å². The summed E-state index contributed by atoms with van der Waals surface area (Å²) in [4.78, 5) is 0. The van der Waals surface area contributed by atoms with E-state index in [0.29, 0.717) is 0 Å². The Morgan fingerprint density at radius 2 is 2.12 bits per heavy atom. The quantitative estimate of drug-likeness (QED) is 0.714. The Labute approximate surface area is 99.0 Å². The first-order valence-corrected chi connectivity index (χ1v) is 6.16. The molecule has 90 valence electrons. The average molecular weight is 221 g/mol. The lowest BCUT2D eigenvalue weighted by molar-refractivity contribution is 0.210. The van der Waals surface area contributed by atoms with E-state index in [0.717, 1.165) is 25.3 Å². The molecule has 1 aromatic carbocycles. The van der Waals surface area contributed by atoms with Crippen molar-refractivity contribution in [1.29, 1.82) is 0 Å². The van der Waals surface area contributed by atoms with Crippen molar-refractivity contribution in [3.05, 3.63) is 29.8 Å². The van der Waals surface area contributed by atoms with Gasteiger partial charge in [0.1, 0.15) is 5.75 Å². The SMILES string of the molecule is CCCNCCC(C)Oc1cccc(C)c1. The summed E-state index contributed by atoms with van der Waals surface area (Å²) in [5.74, 6) is 0.975. The summed E-state index contributed by atoms with van der Waals surface area (Å²) in [6.07, 6.45) is 2.51. The normalized spacial score (nSPS) is 12.4. The summed E-state index contributed by atoms with van der Waals surface area (Å²) in [7, 11) is 0. The van der Waals surface area contributed by atoms with Gasteiger partial charge >= 0.3 is 0 Å². The molecule has 0 aliphatic rings. The fourth-order valence-electron chi connectivity index (χ4n) is 1.59. The van der Waals surface area contributed by atoms with Crippen LogP contribution in [0.2, 0.25) is 0 Å². The summed E-state index contributed by atoms with van der Waals surface area (Å²) in [5.41, 5.74) is 1.24. The molecule has 1 atom stereocenters. The average Bonchev–Trinajstić information content (AvgIpc) is 2.24. The van der Waals surface area contributed by atoms with Gasteiger partial charge in [-0.15, -0.1) is 0 Å². The Hall–Kier alpha value is -1.02. The fourth-order valence-corrected chi connectivity index (χ4v) is 1.59. The number of ether oxygens (including phenoxy) is 1. The number of aryl methyl sites for hydroxylation is 1. The summed E-state index contributed by atoms with van der Waals surface area (Å²) in [6.45, 7) is 8.51. The highest BCUT2D eigenvalue weighted by molar-refractivity contribution is 5.27. The lowest BCUT2D eigenvalue weighted by Crippen LogP contribution is -2.22. The van der Waals surface area contributed by atoms with Gasteiger partial charge in [0.15, 0.2) is 0 Å². The van der Waals surface area contributed by atoms with E-state index in [9.17, 15) is 0 Å². The third-order valence-electron chi connectivity index (χ3n) is 2.48. The highest BCUT2D eigenvalue weighted by atomic mass is 16.5. The van der Waals surface area contributed by atoms with Gasteiger partial charge in [-0.05, 0) is 57.5 Å². The predicted molar refractivity (Wildman–Crippen MR) is 69.0 cm³/mol.